The molecule has 8 unspecified atom stereocenters. The third-order valence-electron chi connectivity index (χ3n) is 10.3. The summed E-state index contributed by atoms with van der Waals surface area (Å²) in [6.45, 7) is 6.91. The second-order valence-electron chi connectivity index (χ2n) is 12.8. The van der Waals surface area contributed by atoms with Crippen LogP contribution in [0.25, 0.3) is 0 Å². The number of hydrogen-bond donors (Lipinski definition) is 2. The number of ether oxygens (including phenoxy) is 1. The van der Waals surface area contributed by atoms with Crippen LogP contribution in [0.1, 0.15) is 70.8 Å². The molecular formula is C33H43N3O4. The number of fused-ring (bicyclic) bond motifs is 1. The lowest BCUT2D eigenvalue weighted by molar-refractivity contribution is -0.141. The van der Waals surface area contributed by atoms with Crippen LogP contribution in [0.3, 0.4) is 0 Å². The average molecular weight is 546 g/mol. The Hall–Kier alpha value is -2.93. The lowest BCUT2D eigenvalue weighted by Crippen LogP contribution is -2.58. The first-order chi connectivity index (χ1) is 19.3. The van der Waals surface area contributed by atoms with E-state index in [1.165, 1.54) is 24.8 Å². The number of rotatable bonds is 7. The summed E-state index contributed by atoms with van der Waals surface area (Å²) in [4.78, 5) is 43.8. The van der Waals surface area contributed by atoms with E-state index in [0.29, 0.717) is 24.1 Å². The summed E-state index contributed by atoms with van der Waals surface area (Å²) in [7, 11) is 0. The zero-order valence-corrected chi connectivity index (χ0v) is 24.0. The summed E-state index contributed by atoms with van der Waals surface area (Å²) < 4.78 is 6.53. The van der Waals surface area contributed by atoms with Gasteiger partial charge in [0.2, 0.25) is 17.7 Å². The number of allylic oxidation sites excluding steroid dienone is 1. The Labute approximate surface area is 237 Å². The summed E-state index contributed by atoms with van der Waals surface area (Å²) in [5.74, 6) is -1.01. The fourth-order valence-electron chi connectivity index (χ4n) is 7.90. The predicted octanol–water partition coefficient (Wildman–Crippen LogP) is 4.92. The molecule has 214 valence electrons. The van der Waals surface area contributed by atoms with Gasteiger partial charge in [-0.25, -0.2) is 0 Å². The standard InChI is InChI=1S/C33H43N3O4/c1-20-9-7-13-24(19-20)34-30(37)27-26-15-17-33(40-26)28(27)32(39)36(18-16-23-11-5-4-6-12-23)29(33)31(38)35-25-14-8-10-21(2)22(25)3/h7,9,11,13,15,17,19,21-22,25-29H,4-6,8,10,12,14,16,18H2,1-3H3,(H,34,37)(H,35,38). The highest BCUT2D eigenvalue weighted by Gasteiger charge is 2.72. The summed E-state index contributed by atoms with van der Waals surface area (Å²) in [5.41, 5.74) is 1.98. The van der Waals surface area contributed by atoms with Crippen molar-refractivity contribution in [2.45, 2.75) is 95.9 Å². The Balaban J connectivity index is 1.29. The van der Waals surface area contributed by atoms with Gasteiger partial charge in [0.25, 0.3) is 0 Å². The molecule has 1 aromatic carbocycles. The molecule has 6 rings (SSSR count). The van der Waals surface area contributed by atoms with Crippen LogP contribution < -0.4 is 10.6 Å². The molecule has 2 bridgehead atoms. The molecule has 8 atom stereocenters. The number of anilines is 1. The minimum Gasteiger partial charge on any atom is -0.359 e. The quantitative estimate of drug-likeness (QED) is 0.477. The van der Waals surface area contributed by atoms with Crippen molar-refractivity contribution in [2.24, 2.45) is 23.7 Å². The van der Waals surface area contributed by atoms with E-state index in [0.717, 1.165) is 37.7 Å². The Morgan fingerprint density at radius 1 is 1.12 bits per heavy atom. The average Bonchev–Trinajstić information content (AvgIpc) is 3.58. The number of aryl methyl sites for hydroxylation is 1. The van der Waals surface area contributed by atoms with Gasteiger partial charge in [0.1, 0.15) is 11.6 Å². The predicted molar refractivity (Wildman–Crippen MR) is 154 cm³/mol. The first-order valence-corrected chi connectivity index (χ1v) is 15.3. The van der Waals surface area contributed by atoms with Gasteiger partial charge in [-0.3, -0.25) is 14.4 Å². The summed E-state index contributed by atoms with van der Waals surface area (Å²) in [5, 5.41) is 6.37. The lowest BCUT2D eigenvalue weighted by Gasteiger charge is -2.38. The number of likely N-dealkylation sites (tertiary alicyclic amines) is 1. The van der Waals surface area contributed by atoms with E-state index in [1.54, 1.807) is 4.90 Å². The second-order valence-corrected chi connectivity index (χ2v) is 12.8. The zero-order valence-electron chi connectivity index (χ0n) is 24.0. The van der Waals surface area contributed by atoms with Crippen molar-refractivity contribution in [3.63, 3.8) is 0 Å². The molecule has 3 heterocycles. The van der Waals surface area contributed by atoms with Gasteiger partial charge in [0.05, 0.1) is 17.9 Å². The van der Waals surface area contributed by atoms with Crippen molar-refractivity contribution in [3.05, 3.63) is 53.6 Å². The van der Waals surface area contributed by atoms with Crippen molar-refractivity contribution < 1.29 is 19.1 Å². The van der Waals surface area contributed by atoms with Gasteiger partial charge in [0, 0.05) is 18.3 Å². The Morgan fingerprint density at radius 3 is 2.75 bits per heavy atom. The molecule has 1 aromatic rings. The normalized spacial score (nSPS) is 36.4. The topological polar surface area (TPSA) is 87.7 Å². The minimum absolute atomic E-state index is 0.0766. The molecule has 7 nitrogen and oxygen atoms in total. The number of carbonyl (C=O) groups excluding carboxylic acids is 3. The summed E-state index contributed by atoms with van der Waals surface area (Å²) in [6, 6.07) is 6.95. The molecule has 7 heteroatoms. The van der Waals surface area contributed by atoms with Gasteiger partial charge in [-0.15, -0.1) is 0 Å². The van der Waals surface area contributed by atoms with E-state index >= 15 is 0 Å². The van der Waals surface area contributed by atoms with Crippen molar-refractivity contribution in [1.82, 2.24) is 10.2 Å². The van der Waals surface area contributed by atoms with Crippen LogP contribution >= 0.6 is 0 Å². The first kappa shape index (κ1) is 27.3. The fraction of sp³-hybridized carbons (Fsp3) is 0.606. The maximum Gasteiger partial charge on any atom is 0.246 e. The van der Waals surface area contributed by atoms with Crippen LogP contribution in [0.4, 0.5) is 5.69 Å². The highest BCUT2D eigenvalue weighted by molar-refractivity contribution is 6.02. The number of hydrogen-bond acceptors (Lipinski definition) is 4. The number of carbonyl (C=O) groups is 3. The Kier molecular flexibility index (Phi) is 7.36. The van der Waals surface area contributed by atoms with Crippen molar-refractivity contribution >= 4 is 23.4 Å². The maximum absolute atomic E-state index is 14.2. The molecule has 3 fully saturated rings. The molecule has 1 spiro atoms. The highest BCUT2D eigenvalue weighted by atomic mass is 16.5. The van der Waals surface area contributed by atoms with Gasteiger partial charge in [-0.05, 0) is 75.0 Å². The number of benzene rings is 1. The van der Waals surface area contributed by atoms with Gasteiger partial charge in [-0.1, -0.05) is 62.6 Å². The molecule has 40 heavy (non-hydrogen) atoms. The lowest BCUT2D eigenvalue weighted by atomic mass is 9.73. The van der Waals surface area contributed by atoms with Crippen molar-refractivity contribution in [2.75, 3.05) is 11.9 Å². The van der Waals surface area contributed by atoms with Crippen LogP contribution in [0.2, 0.25) is 0 Å². The molecule has 2 saturated heterocycles. The first-order valence-electron chi connectivity index (χ1n) is 15.3. The number of nitrogens with one attached hydrogen (secondary N) is 2. The van der Waals surface area contributed by atoms with Gasteiger partial charge < -0.3 is 20.3 Å². The molecule has 3 amide bonds. The molecule has 0 radical (unpaired) electrons. The molecule has 2 N–H and O–H groups in total. The molecule has 0 aromatic heterocycles. The fourth-order valence-corrected chi connectivity index (χ4v) is 7.90. The van der Waals surface area contributed by atoms with Crippen LogP contribution in [-0.4, -0.2) is 53.0 Å². The monoisotopic (exact) mass is 545 g/mol. The van der Waals surface area contributed by atoms with Crippen LogP contribution in [0.15, 0.2) is 48.1 Å². The van der Waals surface area contributed by atoms with E-state index in [-0.39, 0.29) is 23.8 Å². The van der Waals surface area contributed by atoms with E-state index < -0.39 is 29.6 Å². The van der Waals surface area contributed by atoms with Crippen molar-refractivity contribution in [1.29, 1.82) is 0 Å². The van der Waals surface area contributed by atoms with Crippen molar-refractivity contribution in [3.8, 4) is 0 Å². The summed E-state index contributed by atoms with van der Waals surface area (Å²) >= 11 is 0. The van der Waals surface area contributed by atoms with Crippen LogP contribution in [-0.2, 0) is 19.1 Å². The van der Waals surface area contributed by atoms with Crippen LogP contribution in [0.5, 0.6) is 0 Å². The van der Waals surface area contributed by atoms with Gasteiger partial charge in [0.15, 0.2) is 0 Å². The highest BCUT2D eigenvalue weighted by Crippen LogP contribution is 2.55. The summed E-state index contributed by atoms with van der Waals surface area (Å²) in [6.07, 6.45) is 14.0. The number of amides is 3. The van der Waals surface area contributed by atoms with E-state index in [4.69, 9.17) is 4.74 Å². The Bertz CT molecular complexity index is 1240. The molecule has 3 aliphatic heterocycles. The second kappa shape index (κ2) is 10.8. The third-order valence-corrected chi connectivity index (χ3v) is 10.3. The zero-order chi connectivity index (χ0) is 28.0. The molecule has 2 aliphatic carbocycles. The number of nitrogens with zero attached hydrogens (tertiary/aromatic N) is 1. The minimum atomic E-state index is -1.12. The Morgan fingerprint density at radius 2 is 1.98 bits per heavy atom. The van der Waals surface area contributed by atoms with E-state index in [1.807, 2.05) is 43.3 Å². The maximum atomic E-state index is 14.2. The largest absolute Gasteiger partial charge is 0.359 e. The molecule has 5 aliphatic rings. The van der Waals surface area contributed by atoms with Gasteiger partial charge in [-0.2, -0.15) is 0 Å². The smallest absolute Gasteiger partial charge is 0.246 e. The SMILES string of the molecule is Cc1cccc(NC(=O)C2C3C=CC4(O3)C2C(=O)N(CCC2=CCCCC2)C4C(=O)NC2CCCC(C)C2C)c1. The van der Waals surface area contributed by atoms with E-state index in [2.05, 4.69) is 30.6 Å². The van der Waals surface area contributed by atoms with Crippen LogP contribution in [0, 0.1) is 30.6 Å². The van der Waals surface area contributed by atoms with E-state index in [9.17, 15) is 14.4 Å². The molecular weight excluding hydrogens is 502 g/mol. The van der Waals surface area contributed by atoms with Gasteiger partial charge >= 0.3 is 0 Å². The third kappa shape index (κ3) is 4.70. The molecule has 1 saturated carbocycles.